The van der Waals surface area contributed by atoms with Crippen molar-refractivity contribution in [3.63, 3.8) is 0 Å². The molecule has 1 aromatic carbocycles. The van der Waals surface area contributed by atoms with Crippen LogP contribution in [0.15, 0.2) is 24.3 Å². The first kappa shape index (κ1) is 16.3. The lowest BCUT2D eigenvalue weighted by Gasteiger charge is -2.27. The van der Waals surface area contributed by atoms with Gasteiger partial charge in [-0.2, -0.15) is 0 Å². The van der Waals surface area contributed by atoms with E-state index in [2.05, 4.69) is 22.9 Å². The second-order valence-electron chi connectivity index (χ2n) is 5.29. The van der Waals surface area contributed by atoms with Crippen molar-refractivity contribution in [3.8, 4) is 0 Å². The summed E-state index contributed by atoms with van der Waals surface area (Å²) in [5.74, 6) is -0.113. The molecule has 1 aliphatic heterocycles. The van der Waals surface area contributed by atoms with Crippen LogP contribution in [-0.4, -0.2) is 44.7 Å². The molecule has 0 radical (unpaired) electrons. The van der Waals surface area contributed by atoms with Gasteiger partial charge in [0.2, 0.25) is 0 Å². The molecule has 120 valence electrons. The zero-order valence-electron chi connectivity index (χ0n) is 13.0. The van der Waals surface area contributed by atoms with Crippen LogP contribution in [-0.2, 0) is 0 Å². The summed E-state index contributed by atoms with van der Waals surface area (Å²) in [5.41, 5.74) is 1.33. The number of amides is 3. The second kappa shape index (κ2) is 8.38. The summed E-state index contributed by atoms with van der Waals surface area (Å²) in [4.78, 5) is 25.7. The topological polar surface area (TPSA) is 73.5 Å². The Morgan fingerprint density at radius 1 is 1.32 bits per heavy atom. The maximum atomic E-state index is 12.1. The smallest absolute Gasteiger partial charge is 0.321 e. The van der Waals surface area contributed by atoms with E-state index in [1.807, 2.05) is 12.1 Å². The van der Waals surface area contributed by atoms with Crippen LogP contribution in [0.5, 0.6) is 0 Å². The van der Waals surface area contributed by atoms with Gasteiger partial charge in [-0.3, -0.25) is 9.69 Å². The van der Waals surface area contributed by atoms with Gasteiger partial charge in [0.15, 0.2) is 0 Å². The second-order valence-corrected chi connectivity index (χ2v) is 5.29. The van der Waals surface area contributed by atoms with Crippen molar-refractivity contribution in [2.24, 2.45) is 0 Å². The molecule has 6 heteroatoms. The Kier molecular flexibility index (Phi) is 6.21. The Morgan fingerprint density at radius 2 is 2.18 bits per heavy atom. The Hall–Kier alpha value is -2.08. The number of nitrogens with zero attached hydrogens (tertiary/aromatic N) is 1. The minimum Gasteiger partial charge on any atom is -0.351 e. The molecule has 1 saturated heterocycles. The highest BCUT2D eigenvalue weighted by atomic mass is 16.2. The number of nitrogens with one attached hydrogen (secondary N) is 3. The molecule has 3 N–H and O–H groups in total. The van der Waals surface area contributed by atoms with E-state index in [1.165, 1.54) is 0 Å². The van der Waals surface area contributed by atoms with Gasteiger partial charge in [0, 0.05) is 37.4 Å². The molecule has 1 heterocycles. The molecule has 1 aromatic rings. The first-order valence-electron chi connectivity index (χ1n) is 7.86. The number of carbonyl (C=O) groups excluding carboxylic acids is 2. The van der Waals surface area contributed by atoms with E-state index in [4.69, 9.17) is 0 Å². The predicted molar refractivity (Wildman–Crippen MR) is 87.3 cm³/mol. The fourth-order valence-electron chi connectivity index (χ4n) is 2.36. The van der Waals surface area contributed by atoms with Crippen LogP contribution >= 0.6 is 0 Å². The highest BCUT2D eigenvalue weighted by Crippen LogP contribution is 2.18. The van der Waals surface area contributed by atoms with Crippen LogP contribution in [0.2, 0.25) is 0 Å². The van der Waals surface area contributed by atoms with Crippen molar-refractivity contribution in [2.75, 3.05) is 37.6 Å². The van der Waals surface area contributed by atoms with Crippen LogP contribution in [0.4, 0.5) is 10.5 Å². The SMILES string of the molecule is CCCNCCNC(=O)c1cccc(N2CCCNC2=O)c1. The summed E-state index contributed by atoms with van der Waals surface area (Å²) in [6, 6.07) is 7.08. The molecule has 3 amide bonds. The molecule has 0 unspecified atom stereocenters. The molecule has 0 saturated carbocycles. The molecular formula is C16H24N4O2. The fraction of sp³-hybridized carbons (Fsp3) is 0.500. The maximum absolute atomic E-state index is 12.1. The zero-order valence-corrected chi connectivity index (χ0v) is 13.0. The number of hydrogen-bond donors (Lipinski definition) is 3. The van der Waals surface area contributed by atoms with Gasteiger partial charge < -0.3 is 16.0 Å². The summed E-state index contributed by atoms with van der Waals surface area (Å²) in [7, 11) is 0. The van der Waals surface area contributed by atoms with Crippen molar-refractivity contribution in [3.05, 3.63) is 29.8 Å². The first-order chi connectivity index (χ1) is 10.7. The quantitative estimate of drug-likeness (QED) is 0.666. The van der Waals surface area contributed by atoms with Crippen LogP contribution in [0.3, 0.4) is 0 Å². The van der Waals surface area contributed by atoms with Gasteiger partial charge in [-0.15, -0.1) is 0 Å². The number of rotatable bonds is 7. The number of urea groups is 1. The Labute approximate surface area is 131 Å². The minimum absolute atomic E-state index is 0.104. The number of hydrogen-bond acceptors (Lipinski definition) is 3. The number of carbonyl (C=O) groups is 2. The average molecular weight is 304 g/mol. The Balaban J connectivity index is 1.92. The third-order valence-electron chi connectivity index (χ3n) is 3.51. The lowest BCUT2D eigenvalue weighted by molar-refractivity contribution is 0.0954. The van der Waals surface area contributed by atoms with Gasteiger partial charge in [-0.1, -0.05) is 13.0 Å². The Morgan fingerprint density at radius 3 is 2.95 bits per heavy atom. The van der Waals surface area contributed by atoms with E-state index in [9.17, 15) is 9.59 Å². The van der Waals surface area contributed by atoms with Crippen molar-refractivity contribution < 1.29 is 9.59 Å². The molecule has 1 aliphatic rings. The largest absolute Gasteiger partial charge is 0.351 e. The average Bonchev–Trinajstić information content (AvgIpc) is 2.55. The normalized spacial score (nSPS) is 14.6. The summed E-state index contributed by atoms with van der Waals surface area (Å²) in [6.07, 6.45) is 1.99. The third kappa shape index (κ3) is 4.46. The van der Waals surface area contributed by atoms with E-state index in [1.54, 1.807) is 17.0 Å². The lowest BCUT2D eigenvalue weighted by Crippen LogP contribution is -2.46. The van der Waals surface area contributed by atoms with Gasteiger partial charge in [0.1, 0.15) is 0 Å². The van der Waals surface area contributed by atoms with Crippen molar-refractivity contribution in [2.45, 2.75) is 19.8 Å². The van der Waals surface area contributed by atoms with Crippen molar-refractivity contribution in [1.82, 2.24) is 16.0 Å². The highest BCUT2D eigenvalue weighted by Gasteiger charge is 2.19. The summed E-state index contributed by atoms with van der Waals surface area (Å²) in [5, 5.41) is 8.92. The van der Waals surface area contributed by atoms with E-state index in [0.29, 0.717) is 25.2 Å². The van der Waals surface area contributed by atoms with Gasteiger partial charge in [0.25, 0.3) is 5.91 Å². The third-order valence-corrected chi connectivity index (χ3v) is 3.51. The number of benzene rings is 1. The van der Waals surface area contributed by atoms with Gasteiger partial charge >= 0.3 is 6.03 Å². The molecule has 0 aliphatic carbocycles. The molecule has 0 atom stereocenters. The summed E-state index contributed by atoms with van der Waals surface area (Å²) < 4.78 is 0. The van der Waals surface area contributed by atoms with Crippen LogP contribution in [0.25, 0.3) is 0 Å². The van der Waals surface area contributed by atoms with Crippen LogP contribution in [0, 0.1) is 0 Å². The van der Waals surface area contributed by atoms with E-state index in [0.717, 1.165) is 31.6 Å². The first-order valence-corrected chi connectivity index (χ1v) is 7.86. The molecular weight excluding hydrogens is 280 g/mol. The van der Waals surface area contributed by atoms with E-state index in [-0.39, 0.29) is 11.9 Å². The van der Waals surface area contributed by atoms with E-state index >= 15 is 0 Å². The lowest BCUT2D eigenvalue weighted by atomic mass is 10.1. The molecule has 22 heavy (non-hydrogen) atoms. The molecule has 6 nitrogen and oxygen atoms in total. The molecule has 1 fully saturated rings. The molecule has 2 rings (SSSR count). The van der Waals surface area contributed by atoms with Gasteiger partial charge in [-0.25, -0.2) is 4.79 Å². The molecule has 0 bridgehead atoms. The predicted octanol–water partition coefficient (Wildman–Crippen LogP) is 1.34. The minimum atomic E-state index is -0.113. The Bertz CT molecular complexity index is 519. The zero-order chi connectivity index (χ0) is 15.8. The van der Waals surface area contributed by atoms with Gasteiger partial charge in [0.05, 0.1) is 0 Å². The monoisotopic (exact) mass is 304 g/mol. The van der Waals surface area contributed by atoms with E-state index < -0.39 is 0 Å². The van der Waals surface area contributed by atoms with Gasteiger partial charge in [-0.05, 0) is 37.6 Å². The maximum Gasteiger partial charge on any atom is 0.321 e. The fourth-order valence-corrected chi connectivity index (χ4v) is 2.36. The van der Waals surface area contributed by atoms with Crippen molar-refractivity contribution in [1.29, 1.82) is 0 Å². The summed E-state index contributed by atoms with van der Waals surface area (Å²) in [6.45, 7) is 5.79. The summed E-state index contributed by atoms with van der Waals surface area (Å²) >= 11 is 0. The number of anilines is 1. The van der Waals surface area contributed by atoms with Crippen molar-refractivity contribution >= 4 is 17.6 Å². The standard InChI is InChI=1S/C16H24N4O2/c1-2-7-17-9-10-18-15(21)13-5-3-6-14(12-13)20-11-4-8-19-16(20)22/h3,5-6,12,17H,2,4,7-11H2,1H3,(H,18,21)(H,19,22). The molecule has 0 spiro atoms. The molecule has 0 aromatic heterocycles. The highest BCUT2D eigenvalue weighted by molar-refractivity contribution is 5.97. The van der Waals surface area contributed by atoms with Crippen LogP contribution < -0.4 is 20.9 Å². The van der Waals surface area contributed by atoms with Crippen LogP contribution in [0.1, 0.15) is 30.1 Å².